The number of benzene rings is 8. The molecule has 0 saturated carbocycles. The molecule has 8 aromatic carbocycles. The zero-order valence-corrected chi connectivity index (χ0v) is 56.3. The van der Waals surface area contributed by atoms with Crippen molar-refractivity contribution < 1.29 is 44.4 Å². The molecular weight excluding hydrogens is 1280 g/mol. The fourth-order valence-electron chi connectivity index (χ4n) is 11.6. The Labute approximate surface area is 557 Å². The van der Waals surface area contributed by atoms with E-state index in [0.29, 0.717) is 69.0 Å². The predicted molar refractivity (Wildman–Crippen MR) is 367 cm³/mol. The van der Waals surface area contributed by atoms with Gasteiger partial charge in [-0.2, -0.15) is 52.8 Å². The number of fused-ring (bicyclic) bond motifs is 5. The number of nitrogens with two attached hydrogens (primary N) is 2. The van der Waals surface area contributed by atoms with E-state index in [0.717, 1.165) is 57.4 Å². The van der Waals surface area contributed by atoms with Crippen LogP contribution < -0.4 is 11.5 Å². The number of aromatic nitrogens is 6. The lowest BCUT2D eigenvalue weighted by atomic mass is 10.0. The summed E-state index contributed by atoms with van der Waals surface area (Å²) in [6, 6.07) is 49.8. The average molecular weight is 1350 g/mol. The third-order valence-corrected chi connectivity index (χ3v) is 22.0. The topological polar surface area (TPSA) is 289 Å². The number of rotatable bonds is 19. The second kappa shape index (κ2) is 27.5. The maximum atomic E-state index is 13.1. The second-order valence-corrected chi connectivity index (χ2v) is 29.8. The summed E-state index contributed by atoms with van der Waals surface area (Å²) in [6.07, 6.45) is 6.40. The summed E-state index contributed by atoms with van der Waals surface area (Å²) in [5.74, 6) is -1.23. The lowest BCUT2D eigenvalue weighted by Gasteiger charge is -2.28. The third-order valence-electron chi connectivity index (χ3n) is 17.2. The Balaban J connectivity index is 0.000000148. The van der Waals surface area contributed by atoms with Crippen LogP contribution in [0.2, 0.25) is 0 Å². The number of imide groups is 2. The smallest absolute Gasteiger partial charge is 0.283 e. The Morgan fingerprint density at radius 1 is 0.396 bits per heavy atom. The molecule has 3 atom stereocenters. The second-order valence-electron chi connectivity index (χ2n) is 24.5. The van der Waals surface area contributed by atoms with Crippen LogP contribution in [0.25, 0.3) is 32.7 Å². The molecule has 96 heavy (non-hydrogen) atoms. The summed E-state index contributed by atoms with van der Waals surface area (Å²) >= 11 is 0. The van der Waals surface area contributed by atoms with Gasteiger partial charge in [0.1, 0.15) is 0 Å². The summed E-state index contributed by atoms with van der Waals surface area (Å²) in [4.78, 5) is 58.0. The van der Waals surface area contributed by atoms with Gasteiger partial charge in [-0.3, -0.25) is 29.0 Å². The van der Waals surface area contributed by atoms with Crippen molar-refractivity contribution in [3.63, 3.8) is 0 Å². The normalized spacial score (nSPS) is 14.3. The molecular formula is C71H72N12O10S3. The number of carbonyl (C=O) groups excluding carboxylic acids is 4. The molecule has 0 aliphatic carbocycles. The number of carbonyl (C=O) groups is 4. The predicted octanol–water partition coefficient (Wildman–Crippen LogP) is 8.11. The molecule has 3 aromatic heterocycles. The van der Waals surface area contributed by atoms with Crippen LogP contribution in [0.3, 0.4) is 0 Å². The fraction of sp³-hybridized carbons (Fsp3) is 0.225. The molecule has 2 aliphatic rings. The monoisotopic (exact) mass is 1350 g/mol. The molecule has 4 amide bonds. The lowest BCUT2D eigenvalue weighted by molar-refractivity contribution is 0.0606. The molecule has 25 heteroatoms. The van der Waals surface area contributed by atoms with Gasteiger partial charge in [0, 0.05) is 53.9 Å². The molecule has 5 heterocycles. The number of nitrogens with zero attached hydrogens (tertiary/aromatic N) is 10. The molecule has 13 rings (SSSR count). The van der Waals surface area contributed by atoms with E-state index in [1.165, 1.54) is 16.0 Å². The highest BCUT2D eigenvalue weighted by Gasteiger charge is 2.38. The standard InChI is InChI=1S/C27H26N4O4S.C25H22N4O4S.C19H24N4O2S/c1-18-8-11-22(12-9-18)36(34,35)31-25-13-10-19(14-20(25)16-28-31)15-21(29(2)3)17-30-26(32)23-6-4-5-7-24(23)27(30)33;1-16-6-9-20(10-7-16)34(32,33)29-23-11-8-17(12-18(23)14-27-29)13-19(26)15-28-24(30)21-4-2-3-5-22(21)25(28)31;1-14-4-7-18(8-5-14)26(24,25)23-19-9-6-15(10-16(19)13-21-23)11-17(12-20)22(2)3/h4-14,16,21H,15,17H2,1-3H3;2-12,14,19H,13,15,26H2,1H3;4-10,13,17H,11-12,20H2,1-3H3/t21-;19-;17-/m000/s1. The van der Waals surface area contributed by atoms with Gasteiger partial charge in [0.2, 0.25) is 0 Å². The average Bonchev–Trinajstić information content (AvgIpc) is 1.63. The molecule has 0 bridgehead atoms. The first-order chi connectivity index (χ1) is 45.7. The molecule has 11 aromatic rings. The van der Waals surface area contributed by atoms with E-state index in [1.54, 1.807) is 152 Å². The van der Waals surface area contributed by atoms with E-state index in [9.17, 15) is 44.4 Å². The summed E-state index contributed by atoms with van der Waals surface area (Å²) < 4.78 is 81.3. The molecule has 0 fully saturated rings. The molecule has 0 saturated heterocycles. The molecule has 2 aliphatic heterocycles. The number of aryl methyl sites for hydroxylation is 3. The van der Waals surface area contributed by atoms with Crippen LogP contribution in [-0.2, 0) is 49.3 Å². The van der Waals surface area contributed by atoms with Crippen LogP contribution in [0.1, 0.15) is 74.8 Å². The van der Waals surface area contributed by atoms with E-state index in [-0.39, 0.29) is 63.5 Å². The molecule has 494 valence electrons. The van der Waals surface area contributed by atoms with Crippen molar-refractivity contribution in [3.05, 3.63) is 250 Å². The van der Waals surface area contributed by atoms with E-state index < -0.39 is 36.1 Å². The first-order valence-electron chi connectivity index (χ1n) is 30.8. The Bertz CT molecular complexity index is 5080. The van der Waals surface area contributed by atoms with Gasteiger partial charge in [0.05, 0.1) is 72.1 Å². The van der Waals surface area contributed by atoms with Gasteiger partial charge in [-0.15, -0.1) is 0 Å². The van der Waals surface area contributed by atoms with Crippen molar-refractivity contribution in [2.45, 2.75) is 72.8 Å². The first kappa shape index (κ1) is 67.6. The van der Waals surface area contributed by atoms with E-state index in [2.05, 4.69) is 20.2 Å². The zero-order chi connectivity index (χ0) is 68.5. The third kappa shape index (κ3) is 13.7. The molecule has 0 radical (unpaired) electrons. The number of likely N-dealkylation sites (N-methyl/N-ethyl adjacent to an activating group) is 2. The van der Waals surface area contributed by atoms with Crippen LogP contribution in [0, 0.1) is 20.8 Å². The molecule has 0 spiro atoms. The van der Waals surface area contributed by atoms with Crippen LogP contribution in [-0.4, -0.2) is 162 Å². The highest BCUT2D eigenvalue weighted by Crippen LogP contribution is 2.29. The van der Waals surface area contributed by atoms with E-state index in [1.807, 2.05) is 90.3 Å². The van der Waals surface area contributed by atoms with Crippen LogP contribution in [0.5, 0.6) is 0 Å². The minimum absolute atomic E-state index is 0.0887. The highest BCUT2D eigenvalue weighted by molar-refractivity contribution is 7.90. The van der Waals surface area contributed by atoms with Crippen molar-refractivity contribution in [1.29, 1.82) is 0 Å². The van der Waals surface area contributed by atoms with Crippen LogP contribution >= 0.6 is 0 Å². The summed E-state index contributed by atoms with van der Waals surface area (Å²) in [5.41, 5.74) is 21.1. The van der Waals surface area contributed by atoms with Gasteiger partial charge < -0.3 is 21.3 Å². The Morgan fingerprint density at radius 3 is 0.990 bits per heavy atom. The van der Waals surface area contributed by atoms with Gasteiger partial charge in [-0.1, -0.05) is 95.6 Å². The minimum atomic E-state index is -3.83. The summed E-state index contributed by atoms with van der Waals surface area (Å²) in [6.45, 7) is 6.61. The molecule has 22 nitrogen and oxygen atoms in total. The first-order valence-corrected chi connectivity index (χ1v) is 35.1. The fourth-order valence-corrected chi connectivity index (χ4v) is 15.4. The van der Waals surface area contributed by atoms with Gasteiger partial charge >= 0.3 is 0 Å². The number of hydrogen-bond acceptors (Lipinski definition) is 17. The summed E-state index contributed by atoms with van der Waals surface area (Å²) in [5, 5.41) is 14.6. The van der Waals surface area contributed by atoms with Gasteiger partial charge in [0.25, 0.3) is 53.7 Å². The van der Waals surface area contributed by atoms with Gasteiger partial charge in [-0.25, -0.2) is 0 Å². The van der Waals surface area contributed by atoms with Crippen molar-refractivity contribution in [2.24, 2.45) is 11.5 Å². The summed E-state index contributed by atoms with van der Waals surface area (Å²) in [7, 11) is -3.55. The quantitative estimate of drug-likeness (QED) is 0.0723. The minimum Gasteiger partial charge on any atom is -0.329 e. The Hall–Kier alpha value is -9.86. The van der Waals surface area contributed by atoms with Crippen molar-refractivity contribution >= 4 is 86.4 Å². The molecule has 4 N–H and O–H groups in total. The maximum Gasteiger partial charge on any atom is 0.283 e. The largest absolute Gasteiger partial charge is 0.329 e. The Kier molecular flexibility index (Phi) is 19.3. The Morgan fingerprint density at radius 2 is 0.688 bits per heavy atom. The van der Waals surface area contributed by atoms with E-state index >= 15 is 0 Å². The number of amides is 4. The van der Waals surface area contributed by atoms with Gasteiger partial charge in [0.15, 0.2) is 0 Å². The van der Waals surface area contributed by atoms with Crippen LogP contribution in [0.15, 0.2) is 209 Å². The van der Waals surface area contributed by atoms with Crippen molar-refractivity contribution in [3.8, 4) is 0 Å². The van der Waals surface area contributed by atoms with Crippen molar-refractivity contribution in [1.82, 2.24) is 47.2 Å². The maximum absolute atomic E-state index is 13.1. The van der Waals surface area contributed by atoms with E-state index in [4.69, 9.17) is 11.5 Å². The zero-order valence-electron chi connectivity index (χ0n) is 53.9. The number of hydrogen-bond donors (Lipinski definition) is 2. The van der Waals surface area contributed by atoms with Crippen molar-refractivity contribution in [2.75, 3.05) is 47.8 Å². The highest BCUT2D eigenvalue weighted by atomic mass is 32.2. The van der Waals surface area contributed by atoms with Gasteiger partial charge in [-0.05, 0) is 182 Å². The molecule has 0 unspecified atom stereocenters. The lowest BCUT2D eigenvalue weighted by Crippen LogP contribution is -2.44. The SMILES string of the molecule is Cc1ccc(S(=O)(=O)n2ncc3cc(C[C@@H](CN)N(C)C)ccc32)cc1.Cc1ccc(S(=O)(=O)n2ncc3cc(C[C@@H](CN4C(=O)c5ccccc5C4=O)N(C)C)ccc32)cc1.Cc1ccc(S(=O)(=O)n2ncc3cc(C[C@H](N)CN4C(=O)c5ccccc5C4=O)ccc32)cc1. The van der Waals surface area contributed by atoms with Crippen LogP contribution in [0.4, 0.5) is 0 Å².